The number of hydrogen-bond donors (Lipinski definition) is 2. The van der Waals surface area contributed by atoms with Crippen LogP contribution >= 0.6 is 0 Å². The second kappa shape index (κ2) is 4.79. The van der Waals surface area contributed by atoms with Crippen LogP contribution in [0, 0.1) is 6.92 Å². The molecule has 0 spiro atoms. The maximum absolute atomic E-state index is 11.7. The molecule has 1 aromatic rings. The fourth-order valence-corrected chi connectivity index (χ4v) is 1.47. The lowest BCUT2D eigenvalue weighted by molar-refractivity contribution is 0.0989. The van der Waals surface area contributed by atoms with Crippen molar-refractivity contribution >= 4 is 5.78 Å². The second-order valence-corrected chi connectivity index (χ2v) is 3.26. The van der Waals surface area contributed by atoms with E-state index in [0.29, 0.717) is 5.56 Å². The van der Waals surface area contributed by atoms with Gasteiger partial charge in [-0.05, 0) is 25.6 Å². The van der Waals surface area contributed by atoms with Gasteiger partial charge in [-0.1, -0.05) is 6.07 Å². The van der Waals surface area contributed by atoms with E-state index in [-0.39, 0.29) is 23.8 Å². The lowest BCUT2D eigenvalue weighted by Crippen LogP contribution is -2.20. The smallest absolute Gasteiger partial charge is 0.180 e. The number of hydrogen-bond acceptors (Lipinski definition) is 4. The quantitative estimate of drug-likeness (QED) is 0.729. The van der Waals surface area contributed by atoms with Gasteiger partial charge < -0.3 is 15.2 Å². The average Bonchev–Trinajstić information content (AvgIpc) is 2.21. The number of likely N-dealkylation sites (N-methyl/N-ethyl adjacent to an activating group) is 1. The summed E-state index contributed by atoms with van der Waals surface area (Å²) >= 11 is 0. The molecule has 0 radical (unpaired) electrons. The summed E-state index contributed by atoms with van der Waals surface area (Å²) in [7, 11) is 3.13. The highest BCUT2D eigenvalue weighted by molar-refractivity contribution is 6.02. The van der Waals surface area contributed by atoms with Crippen LogP contribution in [0.4, 0.5) is 0 Å². The fourth-order valence-electron chi connectivity index (χ4n) is 1.47. The number of aryl methyl sites for hydroxylation is 1. The van der Waals surface area contributed by atoms with E-state index in [9.17, 15) is 9.90 Å². The predicted molar refractivity (Wildman–Crippen MR) is 57.7 cm³/mol. The van der Waals surface area contributed by atoms with Crippen molar-refractivity contribution in [3.63, 3.8) is 0 Å². The Morgan fingerprint density at radius 2 is 2.20 bits per heavy atom. The summed E-state index contributed by atoms with van der Waals surface area (Å²) in [4.78, 5) is 11.7. The van der Waals surface area contributed by atoms with Gasteiger partial charge in [-0.2, -0.15) is 0 Å². The maximum Gasteiger partial charge on any atom is 0.180 e. The average molecular weight is 209 g/mol. The third-order valence-electron chi connectivity index (χ3n) is 2.17. The lowest BCUT2D eigenvalue weighted by atomic mass is 10.0. The maximum atomic E-state index is 11.7. The van der Waals surface area contributed by atoms with Gasteiger partial charge in [0.25, 0.3) is 0 Å². The molecule has 0 saturated carbocycles. The zero-order valence-corrected chi connectivity index (χ0v) is 9.13. The second-order valence-electron chi connectivity index (χ2n) is 3.26. The van der Waals surface area contributed by atoms with Crippen molar-refractivity contribution < 1.29 is 14.6 Å². The highest BCUT2D eigenvalue weighted by Crippen LogP contribution is 2.32. The molecule has 0 amide bonds. The van der Waals surface area contributed by atoms with Gasteiger partial charge in [0.2, 0.25) is 0 Å². The van der Waals surface area contributed by atoms with Crippen molar-refractivity contribution in [1.29, 1.82) is 0 Å². The van der Waals surface area contributed by atoms with Gasteiger partial charge in [0, 0.05) is 0 Å². The van der Waals surface area contributed by atoms with E-state index >= 15 is 0 Å². The summed E-state index contributed by atoms with van der Waals surface area (Å²) in [6.45, 7) is 2.03. The van der Waals surface area contributed by atoms with E-state index < -0.39 is 0 Å². The first kappa shape index (κ1) is 11.5. The molecule has 0 heterocycles. The molecule has 0 aromatic heterocycles. The molecule has 0 fully saturated rings. The number of carbonyl (C=O) groups excluding carboxylic acids is 1. The molecule has 1 aromatic carbocycles. The third kappa shape index (κ3) is 2.27. The third-order valence-corrected chi connectivity index (χ3v) is 2.17. The number of phenolic OH excluding ortho intramolecular Hbond substituents is 1. The van der Waals surface area contributed by atoms with Gasteiger partial charge in [0.1, 0.15) is 0 Å². The van der Waals surface area contributed by atoms with Crippen LogP contribution in [0.5, 0.6) is 11.5 Å². The van der Waals surface area contributed by atoms with Gasteiger partial charge in [0.05, 0.1) is 19.2 Å². The number of rotatable bonds is 4. The summed E-state index contributed by atoms with van der Waals surface area (Å²) in [6.07, 6.45) is 0. The number of nitrogens with one attached hydrogen (secondary N) is 1. The summed E-state index contributed by atoms with van der Waals surface area (Å²) in [5, 5.41) is 12.3. The van der Waals surface area contributed by atoms with Crippen LogP contribution in [-0.4, -0.2) is 31.6 Å². The van der Waals surface area contributed by atoms with Crippen molar-refractivity contribution in [2.75, 3.05) is 20.7 Å². The summed E-state index contributed by atoms with van der Waals surface area (Å²) in [5.41, 5.74) is 1.23. The zero-order chi connectivity index (χ0) is 11.4. The first-order valence-electron chi connectivity index (χ1n) is 4.66. The molecule has 4 nitrogen and oxygen atoms in total. The van der Waals surface area contributed by atoms with E-state index in [4.69, 9.17) is 4.74 Å². The largest absolute Gasteiger partial charge is 0.504 e. The molecule has 0 bridgehead atoms. The Morgan fingerprint density at radius 3 is 2.73 bits per heavy atom. The number of ether oxygens (including phenoxy) is 1. The summed E-state index contributed by atoms with van der Waals surface area (Å²) < 4.78 is 5.03. The molecule has 4 heteroatoms. The molecule has 0 unspecified atom stereocenters. The number of carbonyl (C=O) groups is 1. The Morgan fingerprint density at radius 1 is 1.53 bits per heavy atom. The van der Waals surface area contributed by atoms with Crippen molar-refractivity contribution in [3.05, 3.63) is 23.3 Å². The minimum atomic E-state index is -0.0947. The minimum absolute atomic E-state index is 0.0115. The number of Topliss-reactive ketones (excluding diaryl/α,β-unsaturated/α-hetero) is 1. The number of phenols is 1. The number of aromatic hydroxyl groups is 1. The first-order chi connectivity index (χ1) is 7.11. The fraction of sp³-hybridized carbons (Fsp3) is 0.364. The van der Waals surface area contributed by atoms with Crippen molar-refractivity contribution in [2.24, 2.45) is 0 Å². The molecule has 0 aliphatic rings. The molecule has 82 valence electrons. The van der Waals surface area contributed by atoms with Gasteiger partial charge >= 0.3 is 0 Å². The van der Waals surface area contributed by atoms with E-state index in [0.717, 1.165) is 5.56 Å². The monoisotopic (exact) mass is 209 g/mol. The van der Waals surface area contributed by atoms with Gasteiger partial charge in [-0.3, -0.25) is 4.79 Å². The highest BCUT2D eigenvalue weighted by Gasteiger charge is 2.17. The summed E-state index contributed by atoms with van der Waals surface area (Å²) in [5.74, 6) is 0.139. The molecule has 1 rings (SSSR count). The molecule has 0 aliphatic heterocycles. The van der Waals surface area contributed by atoms with Crippen LogP contribution in [0.1, 0.15) is 15.9 Å². The number of ketones is 1. The number of benzene rings is 1. The number of methoxy groups -OCH3 is 1. The Bertz CT molecular complexity index is 374. The standard InChI is InChI=1S/C11H15NO3/c1-7-4-5-8(13)11(15-3)10(7)9(14)6-12-2/h4-5,12-13H,6H2,1-3H3. The Balaban J connectivity index is 3.24. The molecular weight excluding hydrogens is 194 g/mol. The molecule has 2 N–H and O–H groups in total. The predicted octanol–water partition coefficient (Wildman–Crippen LogP) is 1.11. The zero-order valence-electron chi connectivity index (χ0n) is 9.13. The van der Waals surface area contributed by atoms with Crippen molar-refractivity contribution in [1.82, 2.24) is 5.32 Å². The van der Waals surface area contributed by atoms with Gasteiger partial charge in [-0.15, -0.1) is 0 Å². The van der Waals surface area contributed by atoms with Crippen LogP contribution in [-0.2, 0) is 0 Å². The molecule has 0 saturated heterocycles. The Kier molecular flexibility index (Phi) is 3.68. The Hall–Kier alpha value is -1.55. The molecular formula is C11H15NO3. The normalized spacial score (nSPS) is 10.1. The SMILES string of the molecule is CNCC(=O)c1c(C)ccc(O)c1OC. The van der Waals surface area contributed by atoms with Gasteiger partial charge in [0.15, 0.2) is 17.3 Å². The van der Waals surface area contributed by atoms with Crippen LogP contribution in [0.2, 0.25) is 0 Å². The lowest BCUT2D eigenvalue weighted by Gasteiger charge is -2.11. The topological polar surface area (TPSA) is 58.6 Å². The van der Waals surface area contributed by atoms with Crippen LogP contribution in [0.15, 0.2) is 12.1 Å². The minimum Gasteiger partial charge on any atom is -0.504 e. The molecule has 15 heavy (non-hydrogen) atoms. The van der Waals surface area contributed by atoms with E-state index in [1.54, 1.807) is 13.1 Å². The van der Waals surface area contributed by atoms with E-state index in [2.05, 4.69) is 5.32 Å². The van der Waals surface area contributed by atoms with Crippen LogP contribution in [0.25, 0.3) is 0 Å². The van der Waals surface area contributed by atoms with Crippen LogP contribution < -0.4 is 10.1 Å². The van der Waals surface area contributed by atoms with E-state index in [1.807, 2.05) is 6.92 Å². The van der Waals surface area contributed by atoms with Crippen molar-refractivity contribution in [2.45, 2.75) is 6.92 Å². The van der Waals surface area contributed by atoms with Crippen LogP contribution in [0.3, 0.4) is 0 Å². The van der Waals surface area contributed by atoms with Gasteiger partial charge in [-0.25, -0.2) is 0 Å². The highest BCUT2D eigenvalue weighted by atomic mass is 16.5. The summed E-state index contributed by atoms with van der Waals surface area (Å²) in [6, 6.07) is 3.21. The van der Waals surface area contributed by atoms with E-state index in [1.165, 1.54) is 13.2 Å². The molecule has 0 atom stereocenters. The van der Waals surface area contributed by atoms with Crippen molar-refractivity contribution in [3.8, 4) is 11.5 Å². The Labute approximate surface area is 88.9 Å². The first-order valence-corrected chi connectivity index (χ1v) is 4.66. The molecule has 0 aliphatic carbocycles.